The average molecular weight is 683 g/mol. The number of benzene rings is 3. The number of amides is 4. The third-order valence-electron chi connectivity index (χ3n) is 8.83. The molecule has 4 amide bonds. The fraction of sp³-hybridized carbons (Fsp3) is 0.368. The zero-order valence-electron chi connectivity index (χ0n) is 29.2. The topological polar surface area (TPSA) is 145 Å². The number of fused-ring (bicyclic) bond motifs is 1. The van der Waals surface area contributed by atoms with Gasteiger partial charge in [0.1, 0.15) is 11.4 Å². The molecule has 3 aromatic carbocycles. The first kappa shape index (κ1) is 36.1. The quantitative estimate of drug-likeness (QED) is 0.134. The first-order chi connectivity index (χ1) is 24.2. The molecule has 1 aromatic heterocycles. The van der Waals surface area contributed by atoms with Crippen molar-refractivity contribution >= 4 is 45.9 Å². The van der Waals surface area contributed by atoms with Gasteiger partial charge in [0.25, 0.3) is 17.7 Å². The van der Waals surface area contributed by atoms with Crippen molar-refractivity contribution in [2.24, 2.45) is 0 Å². The molecule has 12 nitrogen and oxygen atoms in total. The number of aryl methyl sites for hydroxylation is 1. The lowest BCUT2D eigenvalue weighted by molar-refractivity contribution is -0.132. The number of rotatable bonds is 14. The molecule has 0 unspecified atom stereocenters. The molecule has 4 aromatic rings. The number of hydrogen-bond acceptors (Lipinski definition) is 7. The number of piperazine rings is 1. The van der Waals surface area contributed by atoms with Crippen LogP contribution in [0.25, 0.3) is 10.9 Å². The maximum atomic E-state index is 13.4. The second-order valence-corrected chi connectivity index (χ2v) is 12.6. The molecule has 264 valence electrons. The molecule has 50 heavy (non-hydrogen) atoms. The molecule has 1 saturated heterocycles. The molecule has 0 bridgehead atoms. The summed E-state index contributed by atoms with van der Waals surface area (Å²) >= 11 is 0. The SMILES string of the molecule is CNC(=O)c1cc2c(C(=O)Nc3ccc(C(=O)Nc4ccc(C)cc4OCCCCCC(=O)N4CCN(C)CC4)cc3COC)cccc2[nH]1. The number of nitrogens with zero attached hydrogens (tertiary/aromatic N) is 2. The Hall–Kier alpha value is -5.20. The summed E-state index contributed by atoms with van der Waals surface area (Å²) in [5.41, 5.74) is 4.45. The Kier molecular flexibility index (Phi) is 12.2. The number of aromatic amines is 1. The predicted molar refractivity (Wildman–Crippen MR) is 194 cm³/mol. The van der Waals surface area contributed by atoms with Crippen molar-refractivity contribution < 1.29 is 28.7 Å². The number of H-pyrrole nitrogens is 1. The number of ether oxygens (including phenoxy) is 2. The molecule has 0 saturated carbocycles. The largest absolute Gasteiger partial charge is 0.491 e. The van der Waals surface area contributed by atoms with E-state index in [0.29, 0.717) is 63.4 Å². The summed E-state index contributed by atoms with van der Waals surface area (Å²) in [6, 6.07) is 17.5. The van der Waals surface area contributed by atoms with Crippen LogP contribution in [0.5, 0.6) is 5.75 Å². The third-order valence-corrected chi connectivity index (χ3v) is 8.83. The van der Waals surface area contributed by atoms with E-state index in [1.165, 1.54) is 0 Å². The van der Waals surface area contributed by atoms with E-state index in [0.717, 1.165) is 51.0 Å². The first-order valence-corrected chi connectivity index (χ1v) is 16.9. The average Bonchev–Trinajstić information content (AvgIpc) is 3.56. The number of carbonyl (C=O) groups excluding carboxylic acids is 4. The summed E-state index contributed by atoms with van der Waals surface area (Å²) < 4.78 is 11.5. The van der Waals surface area contributed by atoms with Gasteiger partial charge in [-0.3, -0.25) is 19.2 Å². The number of aromatic nitrogens is 1. The molecule has 1 aliphatic heterocycles. The summed E-state index contributed by atoms with van der Waals surface area (Å²) in [5, 5.41) is 9.10. The van der Waals surface area contributed by atoms with Crippen LogP contribution in [-0.4, -0.2) is 92.4 Å². The zero-order valence-corrected chi connectivity index (χ0v) is 29.2. The molecule has 0 radical (unpaired) electrons. The number of anilines is 2. The number of hydrogen-bond donors (Lipinski definition) is 4. The second-order valence-electron chi connectivity index (χ2n) is 12.6. The Balaban J connectivity index is 1.19. The number of nitrogens with one attached hydrogen (secondary N) is 4. The van der Waals surface area contributed by atoms with Crippen LogP contribution in [0.15, 0.2) is 60.7 Å². The lowest BCUT2D eigenvalue weighted by atomic mass is 10.1. The Morgan fingerprint density at radius 2 is 1.60 bits per heavy atom. The van der Waals surface area contributed by atoms with Gasteiger partial charge in [-0.15, -0.1) is 0 Å². The molecule has 4 N–H and O–H groups in total. The minimum atomic E-state index is -0.365. The highest BCUT2D eigenvalue weighted by Crippen LogP contribution is 2.28. The summed E-state index contributed by atoms with van der Waals surface area (Å²) in [4.78, 5) is 58.8. The van der Waals surface area contributed by atoms with Crippen LogP contribution < -0.4 is 20.7 Å². The van der Waals surface area contributed by atoms with E-state index in [4.69, 9.17) is 9.47 Å². The number of carbonyl (C=O) groups is 4. The maximum absolute atomic E-state index is 13.4. The van der Waals surface area contributed by atoms with Crippen molar-refractivity contribution in [3.8, 4) is 5.75 Å². The van der Waals surface area contributed by atoms with E-state index in [1.54, 1.807) is 56.6 Å². The van der Waals surface area contributed by atoms with Gasteiger partial charge in [-0.25, -0.2) is 0 Å². The van der Waals surface area contributed by atoms with E-state index in [1.807, 2.05) is 30.0 Å². The summed E-state index contributed by atoms with van der Waals surface area (Å²) in [5.74, 6) is -0.189. The van der Waals surface area contributed by atoms with Crippen LogP contribution in [0.1, 0.15) is 68.0 Å². The van der Waals surface area contributed by atoms with E-state index < -0.39 is 0 Å². The Morgan fingerprint density at radius 1 is 0.840 bits per heavy atom. The standard InChI is InChI=1S/C38H46N6O6/c1-25-12-14-32(34(21-25)50-20-7-5-6-11-35(45)44-18-16-43(3)17-19-44)42-36(46)26-13-15-30(27(22-26)24-49-4)41-37(47)28-9-8-10-31-29(28)23-33(40-31)38(48)39-2/h8-10,12-15,21-23,40H,5-7,11,16-20,24H2,1-4H3,(H,39,48)(H,41,47)(H,42,46). The van der Waals surface area contributed by atoms with Gasteiger partial charge in [0.05, 0.1) is 18.9 Å². The van der Waals surface area contributed by atoms with Crippen molar-refractivity contribution in [3.05, 3.63) is 88.6 Å². The summed E-state index contributed by atoms with van der Waals surface area (Å²) in [6.45, 7) is 6.01. The molecule has 0 atom stereocenters. The van der Waals surface area contributed by atoms with Crippen LogP contribution in [0.2, 0.25) is 0 Å². The van der Waals surface area contributed by atoms with Gasteiger partial charge < -0.3 is 40.2 Å². The van der Waals surface area contributed by atoms with Crippen molar-refractivity contribution in [1.29, 1.82) is 0 Å². The van der Waals surface area contributed by atoms with Gasteiger partial charge in [0, 0.05) is 80.0 Å². The normalized spacial score (nSPS) is 13.2. The lowest BCUT2D eigenvalue weighted by Crippen LogP contribution is -2.47. The molecule has 5 rings (SSSR count). The van der Waals surface area contributed by atoms with Crippen LogP contribution in [0.4, 0.5) is 11.4 Å². The van der Waals surface area contributed by atoms with Gasteiger partial charge >= 0.3 is 0 Å². The zero-order chi connectivity index (χ0) is 35.6. The summed E-state index contributed by atoms with van der Waals surface area (Å²) in [7, 11) is 5.16. The highest BCUT2D eigenvalue weighted by molar-refractivity contribution is 6.14. The molecular formula is C38H46N6O6. The maximum Gasteiger partial charge on any atom is 0.267 e. The number of unbranched alkanes of at least 4 members (excludes halogenated alkanes) is 2. The predicted octanol–water partition coefficient (Wildman–Crippen LogP) is 5.20. The van der Waals surface area contributed by atoms with Gasteiger partial charge in [0.2, 0.25) is 5.91 Å². The first-order valence-electron chi connectivity index (χ1n) is 16.9. The van der Waals surface area contributed by atoms with Crippen molar-refractivity contribution in [2.45, 2.75) is 39.2 Å². The van der Waals surface area contributed by atoms with E-state index >= 15 is 0 Å². The lowest BCUT2D eigenvalue weighted by Gasteiger charge is -2.32. The molecule has 0 spiro atoms. The van der Waals surface area contributed by atoms with Gasteiger partial charge in [-0.1, -0.05) is 12.1 Å². The van der Waals surface area contributed by atoms with Crippen LogP contribution in [0.3, 0.4) is 0 Å². The van der Waals surface area contributed by atoms with E-state index in [-0.39, 0.29) is 30.2 Å². The van der Waals surface area contributed by atoms with Crippen LogP contribution in [-0.2, 0) is 16.1 Å². The van der Waals surface area contributed by atoms with Gasteiger partial charge in [-0.05, 0) is 87.3 Å². The summed E-state index contributed by atoms with van der Waals surface area (Å²) in [6.07, 6.45) is 3.02. The van der Waals surface area contributed by atoms with Gasteiger partial charge in [-0.2, -0.15) is 0 Å². The Labute approximate surface area is 292 Å². The van der Waals surface area contributed by atoms with Gasteiger partial charge in [0.15, 0.2) is 0 Å². The fourth-order valence-corrected chi connectivity index (χ4v) is 5.93. The van der Waals surface area contributed by atoms with E-state index in [9.17, 15) is 19.2 Å². The number of likely N-dealkylation sites (N-methyl/N-ethyl adjacent to an activating group) is 1. The van der Waals surface area contributed by atoms with Crippen molar-refractivity contribution in [3.63, 3.8) is 0 Å². The van der Waals surface area contributed by atoms with Crippen LogP contribution in [0, 0.1) is 6.92 Å². The molecule has 1 aliphatic rings. The highest BCUT2D eigenvalue weighted by Gasteiger charge is 2.20. The van der Waals surface area contributed by atoms with Crippen molar-refractivity contribution in [2.75, 3.05) is 64.6 Å². The van der Waals surface area contributed by atoms with Crippen LogP contribution >= 0.6 is 0 Å². The second kappa shape index (κ2) is 17.0. The third kappa shape index (κ3) is 9.07. The Morgan fingerprint density at radius 3 is 2.36 bits per heavy atom. The molecule has 1 fully saturated rings. The molecule has 2 heterocycles. The fourth-order valence-electron chi connectivity index (χ4n) is 5.93. The monoisotopic (exact) mass is 682 g/mol. The smallest absolute Gasteiger partial charge is 0.267 e. The molecular weight excluding hydrogens is 636 g/mol. The molecule has 12 heteroatoms. The minimum absolute atomic E-state index is 0.159. The highest BCUT2D eigenvalue weighted by atomic mass is 16.5. The Bertz CT molecular complexity index is 1840. The number of methoxy groups -OCH3 is 1. The van der Waals surface area contributed by atoms with E-state index in [2.05, 4.69) is 32.9 Å². The molecule has 0 aliphatic carbocycles. The van der Waals surface area contributed by atoms with Crippen molar-refractivity contribution in [1.82, 2.24) is 20.1 Å². The minimum Gasteiger partial charge on any atom is -0.491 e.